The number of pyridine rings is 1. The van der Waals surface area contributed by atoms with Gasteiger partial charge in [0.25, 0.3) is 0 Å². The van der Waals surface area contributed by atoms with E-state index in [1.807, 2.05) is 48.0 Å². The molecule has 0 spiro atoms. The van der Waals surface area contributed by atoms with Crippen LogP contribution in [0.3, 0.4) is 0 Å². The second kappa shape index (κ2) is 5.43. The lowest BCUT2D eigenvalue weighted by Crippen LogP contribution is -2.22. The number of imidazole rings is 1. The highest BCUT2D eigenvalue weighted by Gasteiger charge is 2.31. The van der Waals surface area contributed by atoms with Crippen molar-refractivity contribution in [3.63, 3.8) is 0 Å². The van der Waals surface area contributed by atoms with Crippen LogP contribution in [-0.4, -0.2) is 9.38 Å². The Morgan fingerprint density at radius 2 is 2.08 bits per heavy atom. The van der Waals surface area contributed by atoms with E-state index in [1.165, 1.54) is 0 Å². The van der Waals surface area contributed by atoms with Crippen molar-refractivity contribution in [2.45, 2.75) is 19.3 Å². The van der Waals surface area contributed by atoms with E-state index < -0.39 is 0 Å². The molecule has 24 heavy (non-hydrogen) atoms. The number of aryl methyl sites for hydroxylation is 1. The summed E-state index contributed by atoms with van der Waals surface area (Å²) in [5, 5.41) is 9.56. The molecule has 0 amide bonds. The van der Waals surface area contributed by atoms with Gasteiger partial charge in [0, 0.05) is 23.9 Å². The Hall–Kier alpha value is -3.26. The first kappa shape index (κ1) is 14.3. The molecule has 1 aliphatic heterocycles. The predicted molar refractivity (Wildman–Crippen MR) is 90.3 cm³/mol. The van der Waals surface area contributed by atoms with E-state index in [2.05, 4.69) is 23.2 Å². The highest BCUT2D eigenvalue weighted by atomic mass is 16.5. The molecule has 0 saturated heterocycles. The maximum atomic E-state index is 9.56. The fraction of sp³-hybridized carbons (Fsp3) is 0.158. The Balaban J connectivity index is 1.88. The number of hydrogen-bond donors (Lipinski definition) is 1. The molecule has 118 valence electrons. The first-order chi connectivity index (χ1) is 11.7. The minimum atomic E-state index is -0.136. The van der Waals surface area contributed by atoms with E-state index in [1.54, 1.807) is 0 Å². The van der Waals surface area contributed by atoms with Gasteiger partial charge < -0.3 is 14.9 Å². The topological polar surface area (TPSA) is 76.3 Å². The third kappa shape index (κ3) is 2.20. The third-order valence-corrected chi connectivity index (χ3v) is 4.34. The highest BCUT2D eigenvalue weighted by Crippen LogP contribution is 2.41. The van der Waals surface area contributed by atoms with Crippen molar-refractivity contribution in [3.05, 3.63) is 77.1 Å². The van der Waals surface area contributed by atoms with Crippen molar-refractivity contribution in [1.29, 1.82) is 5.26 Å². The third-order valence-electron chi connectivity index (χ3n) is 4.34. The van der Waals surface area contributed by atoms with Gasteiger partial charge in [0.2, 0.25) is 5.88 Å². The number of hydrogen-bond acceptors (Lipinski definition) is 4. The van der Waals surface area contributed by atoms with Crippen LogP contribution < -0.4 is 10.5 Å². The van der Waals surface area contributed by atoms with Crippen molar-refractivity contribution < 1.29 is 4.74 Å². The number of allylic oxidation sites excluding steroid dienone is 1. The van der Waals surface area contributed by atoms with Gasteiger partial charge in [-0.15, -0.1) is 0 Å². The highest BCUT2D eigenvalue weighted by molar-refractivity contribution is 5.64. The molecule has 3 heterocycles. The zero-order valence-corrected chi connectivity index (χ0v) is 13.2. The lowest BCUT2D eigenvalue weighted by molar-refractivity contribution is 0.389. The summed E-state index contributed by atoms with van der Waals surface area (Å²) < 4.78 is 7.70. The molecule has 1 aliphatic rings. The molecule has 1 atom stereocenters. The molecule has 0 radical (unpaired) electrons. The van der Waals surface area contributed by atoms with Crippen LogP contribution in [0.1, 0.15) is 22.7 Å². The van der Waals surface area contributed by atoms with Crippen molar-refractivity contribution >= 4 is 5.65 Å². The zero-order valence-electron chi connectivity index (χ0n) is 13.2. The largest absolute Gasteiger partial charge is 0.436 e. The van der Waals surface area contributed by atoms with Crippen LogP contribution in [-0.2, 0) is 6.42 Å². The number of nitriles is 1. The van der Waals surface area contributed by atoms with Crippen LogP contribution in [0.2, 0.25) is 0 Å². The summed E-state index contributed by atoms with van der Waals surface area (Å²) in [6, 6.07) is 14.3. The molecule has 0 fully saturated rings. The molecule has 5 heteroatoms. The van der Waals surface area contributed by atoms with Gasteiger partial charge in [0.05, 0.1) is 11.3 Å². The number of benzene rings is 1. The fourth-order valence-corrected chi connectivity index (χ4v) is 3.23. The van der Waals surface area contributed by atoms with Crippen LogP contribution in [0, 0.1) is 18.3 Å². The smallest absolute Gasteiger partial charge is 0.205 e. The molecule has 1 aromatic carbocycles. The van der Waals surface area contributed by atoms with Gasteiger partial charge >= 0.3 is 0 Å². The maximum Gasteiger partial charge on any atom is 0.205 e. The molecular formula is C19H16N4O. The van der Waals surface area contributed by atoms with Gasteiger partial charge in [-0.2, -0.15) is 5.26 Å². The van der Waals surface area contributed by atoms with E-state index in [9.17, 15) is 5.26 Å². The SMILES string of the molecule is Cc1cn2ccc3c(c2n1)OC(N)=C(C#N)C3Cc1ccccc1. The summed E-state index contributed by atoms with van der Waals surface area (Å²) in [7, 11) is 0. The minimum Gasteiger partial charge on any atom is -0.436 e. The molecule has 2 N–H and O–H groups in total. The first-order valence-corrected chi connectivity index (χ1v) is 7.77. The second-order valence-corrected chi connectivity index (χ2v) is 5.95. The van der Waals surface area contributed by atoms with Gasteiger partial charge in [0.15, 0.2) is 11.4 Å². The number of rotatable bonds is 2. The van der Waals surface area contributed by atoms with Gasteiger partial charge in [-0.25, -0.2) is 4.98 Å². The summed E-state index contributed by atoms with van der Waals surface area (Å²) in [6.07, 6.45) is 4.58. The van der Waals surface area contributed by atoms with Crippen LogP contribution in [0.25, 0.3) is 5.65 Å². The van der Waals surface area contributed by atoms with E-state index in [0.29, 0.717) is 17.7 Å². The predicted octanol–water partition coefficient (Wildman–Crippen LogP) is 3.06. The molecular weight excluding hydrogens is 300 g/mol. The number of ether oxygens (including phenoxy) is 1. The van der Waals surface area contributed by atoms with Gasteiger partial charge in [-0.1, -0.05) is 30.3 Å². The Bertz CT molecular complexity index is 995. The van der Waals surface area contributed by atoms with E-state index in [0.717, 1.165) is 22.5 Å². The molecule has 1 unspecified atom stereocenters. The fourth-order valence-electron chi connectivity index (χ4n) is 3.23. The van der Waals surface area contributed by atoms with Gasteiger partial charge in [-0.05, 0) is 25.0 Å². The average Bonchev–Trinajstić information content (AvgIpc) is 2.97. The normalized spacial score (nSPS) is 16.6. The summed E-state index contributed by atoms with van der Waals surface area (Å²) >= 11 is 0. The standard InChI is InChI=1S/C19H16N4O/c1-12-11-23-8-7-14-15(9-13-5-3-2-4-6-13)16(10-20)18(21)24-17(14)19(23)22-12/h2-8,11,15H,9,21H2,1H3. The minimum absolute atomic E-state index is 0.136. The molecule has 0 aliphatic carbocycles. The zero-order chi connectivity index (χ0) is 16.7. The van der Waals surface area contributed by atoms with E-state index in [-0.39, 0.29) is 11.8 Å². The monoisotopic (exact) mass is 316 g/mol. The van der Waals surface area contributed by atoms with Crippen LogP contribution >= 0.6 is 0 Å². The molecule has 3 aromatic rings. The van der Waals surface area contributed by atoms with Gasteiger partial charge in [-0.3, -0.25) is 0 Å². The van der Waals surface area contributed by atoms with Crippen LogP contribution in [0.5, 0.6) is 5.75 Å². The van der Waals surface area contributed by atoms with Crippen molar-refractivity contribution in [2.75, 3.05) is 0 Å². The average molecular weight is 316 g/mol. The Morgan fingerprint density at radius 3 is 2.83 bits per heavy atom. The van der Waals surface area contributed by atoms with Crippen LogP contribution in [0.15, 0.2) is 60.2 Å². The van der Waals surface area contributed by atoms with Crippen molar-refractivity contribution in [2.24, 2.45) is 5.73 Å². The van der Waals surface area contributed by atoms with E-state index in [4.69, 9.17) is 10.5 Å². The molecule has 5 nitrogen and oxygen atoms in total. The summed E-state index contributed by atoms with van der Waals surface area (Å²) in [4.78, 5) is 4.53. The van der Waals surface area contributed by atoms with E-state index >= 15 is 0 Å². The second-order valence-electron chi connectivity index (χ2n) is 5.95. The number of fused-ring (bicyclic) bond motifs is 3. The lowest BCUT2D eigenvalue weighted by atomic mass is 9.85. The summed E-state index contributed by atoms with van der Waals surface area (Å²) in [5.41, 5.74) is 10.2. The van der Waals surface area contributed by atoms with Crippen molar-refractivity contribution in [3.8, 4) is 11.8 Å². The number of nitrogens with zero attached hydrogens (tertiary/aromatic N) is 3. The number of nitrogens with two attached hydrogens (primary N) is 1. The Morgan fingerprint density at radius 1 is 1.29 bits per heavy atom. The summed E-state index contributed by atoms with van der Waals surface area (Å²) in [6.45, 7) is 1.93. The number of aromatic nitrogens is 2. The molecule has 2 aromatic heterocycles. The quantitative estimate of drug-likeness (QED) is 0.788. The molecule has 0 bridgehead atoms. The Kier molecular flexibility index (Phi) is 3.24. The first-order valence-electron chi connectivity index (χ1n) is 7.77. The lowest BCUT2D eigenvalue weighted by Gasteiger charge is -2.26. The Labute approximate surface area is 139 Å². The van der Waals surface area contributed by atoms with Gasteiger partial charge in [0.1, 0.15) is 6.07 Å². The van der Waals surface area contributed by atoms with Crippen molar-refractivity contribution in [1.82, 2.24) is 9.38 Å². The summed E-state index contributed by atoms with van der Waals surface area (Å²) in [5.74, 6) is 0.672. The molecule has 0 saturated carbocycles. The van der Waals surface area contributed by atoms with Crippen LogP contribution in [0.4, 0.5) is 0 Å². The molecule has 4 rings (SSSR count). The maximum absolute atomic E-state index is 9.56.